The Labute approximate surface area is 172 Å². The molecule has 8 nitrogen and oxygen atoms in total. The molecule has 0 aliphatic rings. The highest BCUT2D eigenvalue weighted by Gasteiger charge is 2.19. The van der Waals surface area contributed by atoms with Gasteiger partial charge < -0.3 is 10.1 Å². The van der Waals surface area contributed by atoms with Gasteiger partial charge in [-0.15, -0.1) is 0 Å². The number of carbonyl (C=O) groups is 1. The summed E-state index contributed by atoms with van der Waals surface area (Å²) in [6.07, 6.45) is 1.60. The molecule has 1 unspecified atom stereocenters. The fourth-order valence-corrected chi connectivity index (χ4v) is 2.90. The number of carbonyl (C=O) groups excluding carboxylic acids is 1. The lowest BCUT2D eigenvalue weighted by Crippen LogP contribution is -2.25. The van der Waals surface area contributed by atoms with Crippen molar-refractivity contribution < 1.29 is 14.5 Å². The van der Waals surface area contributed by atoms with Crippen LogP contribution in [-0.4, -0.2) is 20.6 Å². The number of hydrogen-bond acceptors (Lipinski definition) is 5. The van der Waals surface area contributed by atoms with Crippen LogP contribution in [-0.2, 0) is 4.79 Å². The zero-order chi connectivity index (χ0) is 21.1. The number of nitro benzene ring substituents is 1. The Morgan fingerprint density at radius 2 is 1.97 bits per heavy atom. The van der Waals surface area contributed by atoms with Gasteiger partial charge in [-0.3, -0.25) is 19.6 Å². The van der Waals surface area contributed by atoms with E-state index in [9.17, 15) is 14.9 Å². The Bertz CT molecular complexity index is 1080. The zero-order valence-electron chi connectivity index (χ0n) is 16.0. The van der Waals surface area contributed by atoms with E-state index in [4.69, 9.17) is 16.3 Å². The summed E-state index contributed by atoms with van der Waals surface area (Å²) >= 11 is 6.02. The Morgan fingerprint density at radius 3 is 2.59 bits per heavy atom. The van der Waals surface area contributed by atoms with Crippen molar-refractivity contribution in [1.29, 1.82) is 0 Å². The molecule has 0 saturated carbocycles. The molecular weight excluding hydrogens is 396 g/mol. The molecule has 0 bridgehead atoms. The fourth-order valence-electron chi connectivity index (χ4n) is 2.78. The van der Waals surface area contributed by atoms with Gasteiger partial charge in [0.2, 0.25) is 5.91 Å². The van der Waals surface area contributed by atoms with E-state index in [2.05, 4.69) is 10.4 Å². The molecular formula is C20H19ClN4O4. The molecule has 3 rings (SSSR count). The van der Waals surface area contributed by atoms with Gasteiger partial charge in [0, 0.05) is 29.0 Å². The molecule has 3 aromatic rings. The van der Waals surface area contributed by atoms with Crippen molar-refractivity contribution in [3.05, 3.63) is 75.1 Å². The van der Waals surface area contributed by atoms with Crippen LogP contribution in [0.3, 0.4) is 0 Å². The number of rotatable bonds is 6. The van der Waals surface area contributed by atoms with Crippen molar-refractivity contribution in [3.63, 3.8) is 0 Å². The van der Waals surface area contributed by atoms with Crippen molar-refractivity contribution in [2.75, 3.05) is 5.32 Å². The van der Waals surface area contributed by atoms with Gasteiger partial charge in [-0.05, 0) is 50.6 Å². The van der Waals surface area contributed by atoms with Crippen molar-refractivity contribution in [2.24, 2.45) is 0 Å². The largest absolute Gasteiger partial charge is 0.457 e. The third kappa shape index (κ3) is 4.72. The van der Waals surface area contributed by atoms with Gasteiger partial charge in [-0.25, -0.2) is 0 Å². The maximum absolute atomic E-state index is 12.6. The number of benzene rings is 2. The lowest BCUT2D eigenvalue weighted by molar-refractivity contribution is -0.384. The summed E-state index contributed by atoms with van der Waals surface area (Å²) in [6, 6.07) is 10.4. The first-order valence-electron chi connectivity index (χ1n) is 8.79. The maximum Gasteiger partial charge on any atom is 0.275 e. The van der Waals surface area contributed by atoms with Crippen LogP contribution in [0.1, 0.15) is 24.2 Å². The Balaban J connectivity index is 1.86. The summed E-state index contributed by atoms with van der Waals surface area (Å²) in [6.45, 7) is 5.36. The number of amides is 1. The number of halogens is 1. The zero-order valence-corrected chi connectivity index (χ0v) is 16.8. The summed E-state index contributed by atoms with van der Waals surface area (Å²) in [5.74, 6) is 0.343. The number of nitrogens with one attached hydrogen (secondary N) is 1. The fraction of sp³-hybridized carbons (Fsp3) is 0.200. The van der Waals surface area contributed by atoms with E-state index in [0.29, 0.717) is 10.8 Å². The summed E-state index contributed by atoms with van der Waals surface area (Å²) in [5.41, 5.74) is 1.69. The number of aryl methyl sites for hydroxylation is 2. The van der Waals surface area contributed by atoms with Gasteiger partial charge in [-0.2, -0.15) is 5.10 Å². The van der Waals surface area contributed by atoms with Gasteiger partial charge >= 0.3 is 0 Å². The average molecular weight is 415 g/mol. The maximum atomic E-state index is 12.6. The summed E-state index contributed by atoms with van der Waals surface area (Å²) in [7, 11) is 0. The molecule has 9 heteroatoms. The van der Waals surface area contributed by atoms with Crippen molar-refractivity contribution in [1.82, 2.24) is 9.78 Å². The highest BCUT2D eigenvalue weighted by molar-refractivity contribution is 6.31. The molecule has 29 heavy (non-hydrogen) atoms. The first kappa shape index (κ1) is 20.3. The quantitative estimate of drug-likeness (QED) is 0.449. The van der Waals surface area contributed by atoms with Crippen molar-refractivity contribution >= 4 is 28.9 Å². The number of ether oxygens (including phenoxy) is 1. The summed E-state index contributed by atoms with van der Waals surface area (Å²) < 4.78 is 7.32. The second-order valence-electron chi connectivity index (χ2n) is 6.57. The topological polar surface area (TPSA) is 99.3 Å². The Hall–Kier alpha value is -3.39. The van der Waals surface area contributed by atoms with Crippen LogP contribution in [0, 0.1) is 24.0 Å². The second-order valence-corrected chi connectivity index (χ2v) is 6.98. The molecule has 0 aliphatic heterocycles. The van der Waals surface area contributed by atoms with Crippen LogP contribution >= 0.6 is 11.6 Å². The highest BCUT2D eigenvalue weighted by atomic mass is 35.5. The Kier molecular flexibility index (Phi) is 5.84. The third-order valence-corrected chi connectivity index (χ3v) is 4.77. The number of nitrogens with zero attached hydrogens (tertiary/aromatic N) is 3. The lowest BCUT2D eigenvalue weighted by Gasteiger charge is -2.15. The lowest BCUT2D eigenvalue weighted by atomic mass is 10.2. The molecule has 0 radical (unpaired) electrons. The van der Waals surface area contributed by atoms with Gasteiger partial charge in [0.15, 0.2) is 0 Å². The number of anilines is 1. The minimum absolute atomic E-state index is 0.202. The molecule has 0 fully saturated rings. The molecule has 0 saturated heterocycles. The normalized spacial score (nSPS) is 11.7. The molecule has 1 N–H and O–H groups in total. The van der Waals surface area contributed by atoms with Crippen molar-refractivity contribution in [2.45, 2.75) is 26.8 Å². The van der Waals surface area contributed by atoms with E-state index < -0.39 is 11.0 Å². The second kappa shape index (κ2) is 8.32. The molecule has 2 aromatic carbocycles. The molecule has 0 aliphatic carbocycles. The number of hydrogen-bond donors (Lipinski definition) is 1. The van der Waals surface area contributed by atoms with Crippen LogP contribution in [0.15, 0.2) is 48.7 Å². The minimum atomic E-state index is -0.590. The Morgan fingerprint density at radius 1 is 1.21 bits per heavy atom. The standard InChI is InChI=1S/C20H19ClN4O4/c1-12-8-17(4-5-19(12)21)29-18-10-15(9-16(11-18)25(27)28)23-20(26)14(3)24-13(2)6-7-22-24/h4-11,14H,1-3H3,(H,23,26). The van der Waals surface area contributed by atoms with Crippen molar-refractivity contribution in [3.8, 4) is 11.5 Å². The summed E-state index contributed by atoms with van der Waals surface area (Å²) in [5, 5.41) is 18.7. The highest BCUT2D eigenvalue weighted by Crippen LogP contribution is 2.31. The van der Waals surface area contributed by atoms with E-state index in [1.54, 1.807) is 42.1 Å². The van der Waals surface area contributed by atoms with E-state index in [1.165, 1.54) is 18.2 Å². The molecule has 1 aromatic heterocycles. The molecule has 0 spiro atoms. The molecule has 1 amide bonds. The molecule has 1 heterocycles. The van der Waals surface area contributed by atoms with Gasteiger partial charge in [0.25, 0.3) is 5.69 Å². The SMILES string of the molecule is Cc1cc(Oc2cc(NC(=O)C(C)n3nccc3C)cc([N+](=O)[O-])c2)ccc1Cl. The van der Waals surface area contributed by atoms with Crippen LogP contribution < -0.4 is 10.1 Å². The van der Waals surface area contributed by atoms with Gasteiger partial charge in [0.1, 0.15) is 17.5 Å². The predicted octanol–water partition coefficient (Wildman–Crippen LogP) is 5.05. The predicted molar refractivity (Wildman–Crippen MR) is 110 cm³/mol. The number of nitro groups is 1. The van der Waals surface area contributed by atoms with Crippen LogP contribution in [0.25, 0.3) is 0 Å². The average Bonchev–Trinajstić information content (AvgIpc) is 3.09. The van der Waals surface area contributed by atoms with E-state index >= 15 is 0 Å². The minimum Gasteiger partial charge on any atom is -0.457 e. The smallest absolute Gasteiger partial charge is 0.275 e. The van der Waals surface area contributed by atoms with Gasteiger partial charge in [0.05, 0.1) is 16.7 Å². The van der Waals surface area contributed by atoms with Gasteiger partial charge in [-0.1, -0.05) is 11.6 Å². The molecule has 1 atom stereocenters. The van der Waals surface area contributed by atoms with Crippen LogP contribution in [0.2, 0.25) is 5.02 Å². The van der Waals surface area contributed by atoms with E-state index in [1.807, 2.05) is 13.8 Å². The number of aromatic nitrogens is 2. The number of non-ortho nitro benzene ring substituents is 1. The van der Waals surface area contributed by atoms with Crippen LogP contribution in [0.4, 0.5) is 11.4 Å². The van der Waals surface area contributed by atoms with E-state index in [0.717, 1.165) is 11.3 Å². The first-order chi connectivity index (χ1) is 13.7. The summed E-state index contributed by atoms with van der Waals surface area (Å²) in [4.78, 5) is 23.4. The van der Waals surface area contributed by atoms with E-state index in [-0.39, 0.29) is 23.0 Å². The third-order valence-electron chi connectivity index (χ3n) is 4.35. The first-order valence-corrected chi connectivity index (χ1v) is 9.17. The molecule has 150 valence electrons. The monoisotopic (exact) mass is 414 g/mol. The van der Waals surface area contributed by atoms with Crippen LogP contribution in [0.5, 0.6) is 11.5 Å².